The maximum atomic E-state index is 12.1. The molecule has 0 radical (unpaired) electrons. The Labute approximate surface area is 121 Å². The second kappa shape index (κ2) is 6.83. The summed E-state index contributed by atoms with van der Waals surface area (Å²) >= 11 is 0.943. The second-order valence-corrected chi connectivity index (χ2v) is 5.31. The van der Waals surface area contributed by atoms with Gasteiger partial charge in [0.2, 0.25) is 0 Å². The van der Waals surface area contributed by atoms with Crippen LogP contribution in [0.15, 0.2) is 12.1 Å². The Bertz CT molecular complexity index is 458. The standard InChI is InChI=1S/C11H15N3O3S.ClH/c1-12-8-4-6-13(7-5-8)11(15)9-2-3-10(18-9)14(16)17;/h2-3,8,12H,4-7H2,1H3;1H. The van der Waals surface area contributed by atoms with Crippen LogP contribution in [0, 0.1) is 10.1 Å². The molecule has 1 aromatic heterocycles. The molecule has 1 N–H and O–H groups in total. The Balaban J connectivity index is 0.00000180. The zero-order valence-corrected chi connectivity index (χ0v) is 12.1. The molecule has 1 aromatic rings. The molecule has 1 aliphatic heterocycles. The van der Waals surface area contributed by atoms with Crippen LogP contribution >= 0.6 is 23.7 Å². The third-order valence-electron chi connectivity index (χ3n) is 3.17. The number of nitro groups is 1. The highest BCUT2D eigenvalue weighted by molar-refractivity contribution is 7.17. The van der Waals surface area contributed by atoms with Crippen molar-refractivity contribution in [3.8, 4) is 0 Å². The molecule has 0 unspecified atom stereocenters. The van der Waals surface area contributed by atoms with Crippen molar-refractivity contribution in [1.29, 1.82) is 0 Å². The molecule has 8 heteroatoms. The van der Waals surface area contributed by atoms with Crippen molar-refractivity contribution in [3.05, 3.63) is 27.1 Å². The van der Waals surface area contributed by atoms with Gasteiger partial charge >= 0.3 is 5.00 Å². The number of piperidine rings is 1. The lowest BCUT2D eigenvalue weighted by atomic mass is 10.1. The summed E-state index contributed by atoms with van der Waals surface area (Å²) < 4.78 is 0. The van der Waals surface area contributed by atoms with E-state index < -0.39 is 4.92 Å². The van der Waals surface area contributed by atoms with Crippen LogP contribution in [0.2, 0.25) is 0 Å². The monoisotopic (exact) mass is 305 g/mol. The van der Waals surface area contributed by atoms with Gasteiger partial charge < -0.3 is 10.2 Å². The van der Waals surface area contributed by atoms with Crippen LogP contribution in [0.3, 0.4) is 0 Å². The molecule has 1 amide bonds. The van der Waals surface area contributed by atoms with E-state index in [4.69, 9.17) is 0 Å². The number of thiophene rings is 1. The lowest BCUT2D eigenvalue weighted by Crippen LogP contribution is -2.43. The van der Waals surface area contributed by atoms with E-state index in [1.54, 1.807) is 4.90 Å². The topological polar surface area (TPSA) is 75.5 Å². The summed E-state index contributed by atoms with van der Waals surface area (Å²) in [6, 6.07) is 3.39. The minimum Gasteiger partial charge on any atom is -0.338 e. The van der Waals surface area contributed by atoms with Crippen LogP contribution < -0.4 is 5.32 Å². The van der Waals surface area contributed by atoms with Crippen molar-refractivity contribution in [2.75, 3.05) is 20.1 Å². The summed E-state index contributed by atoms with van der Waals surface area (Å²) in [6.45, 7) is 1.41. The van der Waals surface area contributed by atoms with E-state index in [9.17, 15) is 14.9 Å². The van der Waals surface area contributed by atoms with Gasteiger partial charge in [-0.2, -0.15) is 0 Å². The number of amides is 1. The fraction of sp³-hybridized carbons (Fsp3) is 0.545. The quantitative estimate of drug-likeness (QED) is 0.683. The molecule has 0 aromatic carbocycles. The second-order valence-electron chi connectivity index (χ2n) is 4.25. The summed E-state index contributed by atoms with van der Waals surface area (Å²) in [5.74, 6) is -0.0948. The number of rotatable bonds is 3. The molecule has 2 rings (SSSR count). The van der Waals surface area contributed by atoms with E-state index in [0.29, 0.717) is 24.0 Å². The molecule has 6 nitrogen and oxygen atoms in total. The third-order valence-corrected chi connectivity index (χ3v) is 4.20. The average molecular weight is 306 g/mol. The van der Waals surface area contributed by atoms with Gasteiger partial charge in [-0.3, -0.25) is 14.9 Å². The van der Waals surface area contributed by atoms with Crippen molar-refractivity contribution in [3.63, 3.8) is 0 Å². The first-order valence-corrected chi connectivity index (χ1v) is 6.64. The number of nitrogens with zero attached hydrogens (tertiary/aromatic N) is 2. The summed E-state index contributed by atoms with van der Waals surface area (Å²) in [6.07, 6.45) is 1.85. The van der Waals surface area contributed by atoms with Crippen molar-refractivity contribution >= 4 is 34.7 Å². The highest BCUT2D eigenvalue weighted by Gasteiger charge is 2.24. The fourth-order valence-corrected chi connectivity index (χ4v) is 2.86. The zero-order chi connectivity index (χ0) is 13.1. The van der Waals surface area contributed by atoms with E-state index >= 15 is 0 Å². The van der Waals surface area contributed by atoms with Crippen molar-refractivity contribution in [1.82, 2.24) is 10.2 Å². The third kappa shape index (κ3) is 3.65. The highest BCUT2D eigenvalue weighted by Crippen LogP contribution is 2.26. The van der Waals surface area contributed by atoms with Gasteiger partial charge in [-0.15, -0.1) is 12.4 Å². The van der Waals surface area contributed by atoms with Crippen LogP contribution in [-0.2, 0) is 0 Å². The number of carbonyl (C=O) groups excluding carboxylic acids is 1. The predicted molar refractivity (Wildman–Crippen MR) is 76.2 cm³/mol. The molecular formula is C11H16ClN3O3S. The van der Waals surface area contributed by atoms with Crippen LogP contribution in [0.4, 0.5) is 5.00 Å². The Kier molecular flexibility index (Phi) is 5.71. The summed E-state index contributed by atoms with van der Waals surface area (Å²) in [5.41, 5.74) is 0. The molecule has 1 fully saturated rings. The van der Waals surface area contributed by atoms with Crippen LogP contribution in [0.25, 0.3) is 0 Å². The lowest BCUT2D eigenvalue weighted by Gasteiger charge is -2.31. The lowest BCUT2D eigenvalue weighted by molar-refractivity contribution is -0.380. The highest BCUT2D eigenvalue weighted by atomic mass is 35.5. The first-order chi connectivity index (χ1) is 8.61. The van der Waals surface area contributed by atoms with Crippen molar-refractivity contribution in [2.45, 2.75) is 18.9 Å². The molecule has 0 spiro atoms. The molecule has 1 saturated heterocycles. The van der Waals surface area contributed by atoms with Crippen LogP contribution in [0.5, 0.6) is 0 Å². The molecular weight excluding hydrogens is 290 g/mol. The van der Waals surface area contributed by atoms with Gasteiger partial charge in [-0.1, -0.05) is 11.3 Å². The summed E-state index contributed by atoms with van der Waals surface area (Å²) in [4.78, 5) is 24.5. The molecule has 0 aliphatic carbocycles. The minimum atomic E-state index is -0.464. The SMILES string of the molecule is CNC1CCN(C(=O)c2ccc([N+](=O)[O-])s2)CC1.Cl. The zero-order valence-electron chi connectivity index (χ0n) is 10.5. The van der Waals surface area contributed by atoms with E-state index in [0.717, 1.165) is 24.2 Å². The number of carbonyl (C=O) groups is 1. The molecule has 106 valence electrons. The van der Waals surface area contributed by atoms with Crippen molar-refractivity contribution < 1.29 is 9.72 Å². The normalized spacial score (nSPS) is 15.9. The van der Waals surface area contributed by atoms with E-state index in [-0.39, 0.29) is 23.3 Å². The van der Waals surface area contributed by atoms with Gasteiger partial charge in [-0.25, -0.2) is 0 Å². The van der Waals surface area contributed by atoms with Gasteiger partial charge in [-0.05, 0) is 26.0 Å². The fourth-order valence-electron chi connectivity index (χ4n) is 2.07. The molecule has 0 atom stereocenters. The summed E-state index contributed by atoms with van der Waals surface area (Å²) in [5, 5.41) is 13.8. The molecule has 0 saturated carbocycles. The Morgan fingerprint density at radius 1 is 1.47 bits per heavy atom. The largest absolute Gasteiger partial charge is 0.338 e. The van der Waals surface area contributed by atoms with Gasteiger partial charge in [0.1, 0.15) is 0 Å². The maximum Gasteiger partial charge on any atom is 0.324 e. The van der Waals surface area contributed by atoms with Crippen LogP contribution in [-0.4, -0.2) is 41.9 Å². The van der Waals surface area contributed by atoms with Crippen molar-refractivity contribution in [2.24, 2.45) is 0 Å². The van der Waals surface area contributed by atoms with Gasteiger partial charge in [0.05, 0.1) is 9.80 Å². The smallest absolute Gasteiger partial charge is 0.324 e. The number of nitrogens with one attached hydrogen (secondary N) is 1. The van der Waals surface area contributed by atoms with Gasteiger partial charge in [0.25, 0.3) is 5.91 Å². The number of likely N-dealkylation sites (tertiary alicyclic amines) is 1. The average Bonchev–Trinajstić information content (AvgIpc) is 2.88. The Morgan fingerprint density at radius 3 is 2.58 bits per heavy atom. The number of halogens is 1. The van der Waals surface area contributed by atoms with E-state index in [1.165, 1.54) is 12.1 Å². The van der Waals surface area contributed by atoms with Crippen LogP contribution in [0.1, 0.15) is 22.5 Å². The molecule has 19 heavy (non-hydrogen) atoms. The first-order valence-electron chi connectivity index (χ1n) is 5.82. The molecule has 2 heterocycles. The van der Waals surface area contributed by atoms with E-state index in [1.807, 2.05) is 7.05 Å². The summed E-state index contributed by atoms with van der Waals surface area (Å²) in [7, 11) is 1.92. The maximum absolute atomic E-state index is 12.1. The predicted octanol–water partition coefficient (Wildman–Crippen LogP) is 1.90. The molecule has 1 aliphatic rings. The Morgan fingerprint density at radius 2 is 2.11 bits per heavy atom. The first kappa shape index (κ1) is 15.9. The Hall–Kier alpha value is -1.18. The van der Waals surface area contributed by atoms with Gasteiger partial charge in [0.15, 0.2) is 0 Å². The number of hydrogen-bond donors (Lipinski definition) is 1. The molecule has 0 bridgehead atoms. The number of hydrogen-bond acceptors (Lipinski definition) is 5. The minimum absolute atomic E-state index is 0. The van der Waals surface area contributed by atoms with E-state index in [2.05, 4.69) is 5.32 Å². The van der Waals surface area contributed by atoms with Gasteiger partial charge in [0, 0.05) is 25.2 Å².